The van der Waals surface area contributed by atoms with Crippen molar-refractivity contribution in [2.75, 3.05) is 0 Å². The molecule has 0 aliphatic rings. The number of carboxylic acid groups (broad SMARTS) is 1. The standard InChI is InChI=1S/C8H6N2O2.C7H6N2.2CH4/c11-8(12)7-4-6-2-1-3-10(6)5-9-7;1-2-7-3-4-8-6-9(7)5-1;;/h1-5H,(H,11,12);1-6H;2*1H4. The van der Waals surface area contributed by atoms with Crippen molar-refractivity contribution in [1.82, 2.24) is 18.8 Å². The molecule has 4 heterocycles. The number of hydrogen-bond donors (Lipinski definition) is 1. The molecule has 120 valence electrons. The normalized spacial score (nSPS) is 9.39. The lowest BCUT2D eigenvalue weighted by molar-refractivity contribution is 0.0690. The van der Waals surface area contributed by atoms with E-state index in [1.54, 1.807) is 16.9 Å². The first-order chi connectivity index (χ1) is 10.2. The summed E-state index contributed by atoms with van der Waals surface area (Å²) in [5.74, 6) is -1.00. The second-order valence-electron chi connectivity index (χ2n) is 4.34. The van der Waals surface area contributed by atoms with Gasteiger partial charge in [0.05, 0.1) is 6.33 Å². The summed E-state index contributed by atoms with van der Waals surface area (Å²) >= 11 is 0. The largest absolute Gasteiger partial charge is 0.477 e. The van der Waals surface area contributed by atoms with Crippen molar-refractivity contribution in [3.05, 3.63) is 73.3 Å². The van der Waals surface area contributed by atoms with Gasteiger partial charge >= 0.3 is 5.97 Å². The highest BCUT2D eigenvalue weighted by Gasteiger charge is 2.03. The number of fused-ring (bicyclic) bond motifs is 2. The van der Waals surface area contributed by atoms with Gasteiger partial charge in [0.25, 0.3) is 0 Å². The second kappa shape index (κ2) is 7.74. The molecule has 0 bridgehead atoms. The van der Waals surface area contributed by atoms with Crippen LogP contribution in [-0.2, 0) is 0 Å². The van der Waals surface area contributed by atoms with Gasteiger partial charge in [-0.05, 0) is 36.4 Å². The molecule has 23 heavy (non-hydrogen) atoms. The van der Waals surface area contributed by atoms with E-state index in [9.17, 15) is 4.79 Å². The molecule has 6 nitrogen and oxygen atoms in total. The Morgan fingerprint density at radius 1 is 0.957 bits per heavy atom. The molecule has 0 aliphatic carbocycles. The minimum Gasteiger partial charge on any atom is -0.477 e. The number of rotatable bonds is 1. The fourth-order valence-electron chi connectivity index (χ4n) is 1.94. The molecule has 0 radical (unpaired) electrons. The maximum Gasteiger partial charge on any atom is 0.354 e. The van der Waals surface area contributed by atoms with Crippen LogP contribution in [-0.4, -0.2) is 29.8 Å². The van der Waals surface area contributed by atoms with E-state index in [2.05, 4.69) is 9.97 Å². The Kier molecular flexibility index (Phi) is 6.03. The average Bonchev–Trinajstić information content (AvgIpc) is 3.15. The van der Waals surface area contributed by atoms with Crippen LogP contribution in [0.4, 0.5) is 0 Å². The van der Waals surface area contributed by atoms with Gasteiger partial charge in [0.2, 0.25) is 0 Å². The van der Waals surface area contributed by atoms with E-state index >= 15 is 0 Å². The molecule has 0 saturated heterocycles. The van der Waals surface area contributed by atoms with Gasteiger partial charge in [-0.1, -0.05) is 14.9 Å². The number of carbonyl (C=O) groups is 1. The van der Waals surface area contributed by atoms with Gasteiger partial charge in [-0.15, -0.1) is 0 Å². The van der Waals surface area contributed by atoms with Gasteiger partial charge in [-0.3, -0.25) is 0 Å². The molecule has 0 unspecified atom stereocenters. The summed E-state index contributed by atoms with van der Waals surface area (Å²) in [6.45, 7) is 0. The first-order valence-electron chi connectivity index (χ1n) is 6.27. The number of nitrogens with zero attached hydrogens (tertiary/aromatic N) is 4. The zero-order valence-corrected chi connectivity index (χ0v) is 11.0. The predicted molar refractivity (Wildman–Crippen MR) is 90.8 cm³/mol. The summed E-state index contributed by atoms with van der Waals surface area (Å²) in [7, 11) is 0. The lowest BCUT2D eigenvalue weighted by Gasteiger charge is -1.95. The topological polar surface area (TPSA) is 71.9 Å². The van der Waals surface area contributed by atoms with Gasteiger partial charge in [-0.25, -0.2) is 14.8 Å². The van der Waals surface area contributed by atoms with Crippen LogP contribution in [0.15, 0.2) is 67.6 Å². The van der Waals surface area contributed by atoms with Crippen LogP contribution in [0.3, 0.4) is 0 Å². The molecule has 0 aliphatic heterocycles. The Morgan fingerprint density at radius 3 is 2.26 bits per heavy atom. The summed E-state index contributed by atoms with van der Waals surface area (Å²) in [4.78, 5) is 18.2. The number of aromatic carboxylic acids is 1. The Balaban J connectivity index is 0.000000218. The van der Waals surface area contributed by atoms with Crippen LogP contribution in [0.5, 0.6) is 0 Å². The molecular weight excluding hydrogens is 292 g/mol. The minimum atomic E-state index is -1.00. The van der Waals surface area contributed by atoms with Crippen LogP contribution >= 0.6 is 0 Å². The van der Waals surface area contributed by atoms with Crippen LogP contribution in [0.1, 0.15) is 25.3 Å². The molecular formula is C17H20N4O2. The molecule has 4 aromatic rings. The first kappa shape index (κ1) is 17.9. The fourth-order valence-corrected chi connectivity index (χ4v) is 1.94. The molecule has 0 atom stereocenters. The molecule has 4 rings (SSSR count). The van der Waals surface area contributed by atoms with Crippen LogP contribution in [0, 0.1) is 0 Å². The van der Waals surface area contributed by atoms with Crippen LogP contribution in [0.2, 0.25) is 0 Å². The quantitative estimate of drug-likeness (QED) is 0.582. The van der Waals surface area contributed by atoms with E-state index < -0.39 is 5.97 Å². The molecule has 0 spiro atoms. The zero-order valence-electron chi connectivity index (χ0n) is 11.0. The zero-order chi connectivity index (χ0) is 14.7. The highest BCUT2D eigenvalue weighted by Crippen LogP contribution is 2.04. The van der Waals surface area contributed by atoms with Crippen LogP contribution in [0.25, 0.3) is 11.0 Å². The average molecular weight is 312 g/mol. The molecule has 0 aromatic carbocycles. The predicted octanol–water partition coefficient (Wildman–Crippen LogP) is 3.64. The van der Waals surface area contributed by atoms with Crippen molar-refractivity contribution in [3.63, 3.8) is 0 Å². The van der Waals surface area contributed by atoms with E-state index in [0.717, 1.165) is 5.52 Å². The van der Waals surface area contributed by atoms with E-state index in [4.69, 9.17) is 5.11 Å². The SMILES string of the molecule is C.C.O=C(O)c1cc2cccn2cn1.c1cc2ccncn2c1. The fraction of sp³-hybridized carbons (Fsp3) is 0.118. The van der Waals surface area contributed by atoms with E-state index in [1.165, 1.54) is 17.9 Å². The maximum atomic E-state index is 10.5. The summed E-state index contributed by atoms with van der Waals surface area (Å²) in [6, 6.07) is 11.2. The van der Waals surface area contributed by atoms with E-state index in [0.29, 0.717) is 0 Å². The Bertz CT molecular complexity index is 865. The van der Waals surface area contributed by atoms with Gasteiger partial charge in [-0.2, -0.15) is 0 Å². The van der Waals surface area contributed by atoms with Crippen molar-refractivity contribution in [1.29, 1.82) is 0 Å². The molecule has 1 N–H and O–H groups in total. The summed E-state index contributed by atoms with van der Waals surface area (Å²) < 4.78 is 3.73. The first-order valence-corrected chi connectivity index (χ1v) is 6.27. The van der Waals surface area contributed by atoms with Gasteiger partial charge in [0.15, 0.2) is 5.69 Å². The van der Waals surface area contributed by atoms with Crippen molar-refractivity contribution in [2.45, 2.75) is 14.9 Å². The monoisotopic (exact) mass is 312 g/mol. The Labute approximate surface area is 134 Å². The molecule has 0 amide bonds. The van der Waals surface area contributed by atoms with E-state index in [1.807, 2.05) is 47.1 Å². The molecule has 6 heteroatoms. The summed E-state index contributed by atoms with van der Waals surface area (Å²) in [5.41, 5.74) is 2.09. The lowest BCUT2D eigenvalue weighted by Crippen LogP contribution is -2.00. The molecule has 4 aromatic heterocycles. The number of aromatic nitrogens is 4. The van der Waals surface area contributed by atoms with Gasteiger partial charge in [0.1, 0.15) is 6.33 Å². The number of hydrogen-bond acceptors (Lipinski definition) is 3. The highest BCUT2D eigenvalue weighted by atomic mass is 16.4. The molecule has 0 fully saturated rings. The van der Waals surface area contributed by atoms with Crippen molar-refractivity contribution >= 4 is 17.0 Å². The third-order valence-electron chi connectivity index (χ3n) is 2.97. The van der Waals surface area contributed by atoms with E-state index in [-0.39, 0.29) is 20.5 Å². The lowest BCUT2D eigenvalue weighted by atomic mass is 10.3. The van der Waals surface area contributed by atoms with Gasteiger partial charge < -0.3 is 13.9 Å². The van der Waals surface area contributed by atoms with Crippen LogP contribution < -0.4 is 0 Å². The second-order valence-corrected chi connectivity index (χ2v) is 4.34. The molecule has 0 saturated carbocycles. The Hall–Kier alpha value is -3.15. The van der Waals surface area contributed by atoms with Crippen molar-refractivity contribution < 1.29 is 9.90 Å². The smallest absolute Gasteiger partial charge is 0.354 e. The number of carboxylic acids is 1. The van der Waals surface area contributed by atoms with Crippen molar-refractivity contribution in [3.8, 4) is 0 Å². The van der Waals surface area contributed by atoms with Crippen molar-refractivity contribution in [2.24, 2.45) is 0 Å². The summed E-state index contributed by atoms with van der Waals surface area (Å²) in [6.07, 6.45) is 8.85. The third kappa shape index (κ3) is 3.94. The third-order valence-corrected chi connectivity index (χ3v) is 2.97. The highest BCUT2D eigenvalue weighted by molar-refractivity contribution is 5.86. The Morgan fingerprint density at radius 2 is 1.61 bits per heavy atom. The van der Waals surface area contributed by atoms with Gasteiger partial charge in [0, 0.05) is 29.6 Å². The maximum absolute atomic E-state index is 10.5. The summed E-state index contributed by atoms with van der Waals surface area (Å²) in [5, 5.41) is 8.61. The minimum absolute atomic E-state index is 0.